The van der Waals surface area contributed by atoms with Crippen LogP contribution in [-0.2, 0) is 0 Å². The Morgan fingerprint density at radius 1 is 0.966 bits per heavy atom. The number of nitrogens with zero attached hydrogens (tertiary/aromatic N) is 2. The van der Waals surface area contributed by atoms with Gasteiger partial charge in [-0.3, -0.25) is 4.79 Å². The maximum absolute atomic E-state index is 14.3. The normalized spacial score (nSPS) is 10.6. The summed E-state index contributed by atoms with van der Waals surface area (Å²) in [6, 6.07) is 8.02. The van der Waals surface area contributed by atoms with E-state index in [0.717, 1.165) is 24.3 Å². The van der Waals surface area contributed by atoms with Crippen LogP contribution in [0.5, 0.6) is 0 Å². The van der Waals surface area contributed by atoms with Gasteiger partial charge in [0, 0.05) is 5.56 Å². The first-order valence-corrected chi connectivity index (χ1v) is 8.31. The van der Waals surface area contributed by atoms with Crippen LogP contribution in [-0.4, -0.2) is 16.9 Å². The smallest absolute Gasteiger partial charge is 0.325 e. The molecular formula is C20H15F3N4O2. The van der Waals surface area contributed by atoms with E-state index < -0.39 is 35.1 Å². The Hall–Kier alpha value is -3.88. The number of amides is 3. The van der Waals surface area contributed by atoms with Crippen LogP contribution in [0.2, 0.25) is 0 Å². The van der Waals surface area contributed by atoms with Gasteiger partial charge in [0.05, 0.1) is 11.3 Å². The van der Waals surface area contributed by atoms with Crippen molar-refractivity contribution >= 4 is 23.4 Å². The summed E-state index contributed by atoms with van der Waals surface area (Å²) >= 11 is 0. The lowest BCUT2D eigenvalue weighted by molar-refractivity contribution is 0.100. The fourth-order valence-corrected chi connectivity index (χ4v) is 2.91. The van der Waals surface area contributed by atoms with Gasteiger partial charge in [-0.25, -0.2) is 27.8 Å². The quantitative estimate of drug-likeness (QED) is 0.696. The zero-order chi connectivity index (χ0) is 21.3. The summed E-state index contributed by atoms with van der Waals surface area (Å²) in [5.74, 6) is -3.65. The van der Waals surface area contributed by atoms with Gasteiger partial charge in [0.15, 0.2) is 0 Å². The topological polar surface area (TPSA) is 102 Å². The van der Waals surface area contributed by atoms with E-state index in [1.54, 1.807) is 6.92 Å². The third-order valence-electron chi connectivity index (χ3n) is 4.20. The van der Waals surface area contributed by atoms with Crippen molar-refractivity contribution in [3.05, 3.63) is 77.1 Å². The molecule has 3 amide bonds. The maximum Gasteiger partial charge on any atom is 0.325 e. The summed E-state index contributed by atoms with van der Waals surface area (Å²) in [5, 5.41) is 0. The van der Waals surface area contributed by atoms with Crippen LogP contribution in [0.25, 0.3) is 11.3 Å². The molecule has 0 unspecified atom stereocenters. The molecule has 4 N–H and O–H groups in total. The van der Waals surface area contributed by atoms with Crippen LogP contribution in [0.1, 0.15) is 15.9 Å². The largest absolute Gasteiger partial charge is 0.366 e. The molecule has 0 saturated heterocycles. The highest BCUT2D eigenvalue weighted by atomic mass is 19.1. The minimum atomic E-state index is -1.20. The molecule has 148 valence electrons. The van der Waals surface area contributed by atoms with Crippen molar-refractivity contribution in [1.29, 1.82) is 0 Å². The molecule has 0 fully saturated rings. The molecule has 2 aromatic carbocycles. The Morgan fingerprint density at radius 3 is 2.17 bits per heavy atom. The first kappa shape index (κ1) is 19.9. The van der Waals surface area contributed by atoms with Gasteiger partial charge < -0.3 is 11.5 Å². The molecule has 0 radical (unpaired) electrons. The predicted molar refractivity (Wildman–Crippen MR) is 101 cm³/mol. The first-order valence-electron chi connectivity index (χ1n) is 8.31. The second kappa shape index (κ2) is 7.63. The van der Waals surface area contributed by atoms with Crippen molar-refractivity contribution in [2.75, 3.05) is 4.90 Å². The van der Waals surface area contributed by atoms with Crippen molar-refractivity contribution in [3.63, 3.8) is 0 Å². The number of carbonyl (C=O) groups is 2. The van der Waals surface area contributed by atoms with Crippen LogP contribution in [0.15, 0.2) is 48.5 Å². The number of primary amides is 2. The van der Waals surface area contributed by atoms with Gasteiger partial charge in [0.25, 0.3) is 5.91 Å². The van der Waals surface area contributed by atoms with Gasteiger partial charge in [0.1, 0.15) is 29.0 Å². The molecule has 9 heteroatoms. The zero-order valence-electron chi connectivity index (χ0n) is 15.1. The van der Waals surface area contributed by atoms with Gasteiger partial charge in [0.2, 0.25) is 0 Å². The van der Waals surface area contributed by atoms with Crippen molar-refractivity contribution in [2.45, 2.75) is 6.92 Å². The number of hydrogen-bond donors (Lipinski definition) is 2. The molecular weight excluding hydrogens is 385 g/mol. The second-order valence-corrected chi connectivity index (χ2v) is 6.13. The number of carbonyl (C=O) groups excluding carboxylic acids is 2. The van der Waals surface area contributed by atoms with E-state index in [1.165, 1.54) is 24.3 Å². The Labute approximate surface area is 163 Å². The van der Waals surface area contributed by atoms with Crippen LogP contribution in [0.3, 0.4) is 0 Å². The average molecular weight is 400 g/mol. The van der Waals surface area contributed by atoms with Gasteiger partial charge in [-0.15, -0.1) is 0 Å². The van der Waals surface area contributed by atoms with E-state index in [-0.39, 0.29) is 17.1 Å². The fourth-order valence-electron chi connectivity index (χ4n) is 2.91. The molecule has 0 aliphatic heterocycles. The number of urea groups is 1. The van der Waals surface area contributed by atoms with Crippen LogP contribution >= 0.6 is 0 Å². The van der Waals surface area contributed by atoms with Gasteiger partial charge in [-0.1, -0.05) is 6.07 Å². The molecule has 0 aliphatic carbocycles. The molecule has 29 heavy (non-hydrogen) atoms. The average Bonchev–Trinajstić information content (AvgIpc) is 2.64. The standard InChI is InChI=1S/C20H15F3N4O2/c1-10-9-11(21)5-6-12(10)17-13(19(24)28)7-8-16(26-17)27(20(25)29)18-14(22)3-2-4-15(18)23/h2-9H,1H3,(H2,24,28)(H2,25,29). The summed E-state index contributed by atoms with van der Waals surface area (Å²) in [6.45, 7) is 1.58. The van der Waals surface area contributed by atoms with Crippen LogP contribution < -0.4 is 16.4 Å². The SMILES string of the molecule is Cc1cc(F)ccc1-c1nc(N(C(N)=O)c2c(F)cccc2F)ccc1C(N)=O. The highest BCUT2D eigenvalue weighted by Crippen LogP contribution is 2.33. The number of aryl methyl sites for hydroxylation is 1. The van der Waals surface area contributed by atoms with Crippen molar-refractivity contribution in [1.82, 2.24) is 4.98 Å². The maximum atomic E-state index is 14.3. The van der Waals surface area contributed by atoms with E-state index in [1.807, 2.05) is 0 Å². The van der Waals surface area contributed by atoms with E-state index >= 15 is 0 Å². The Morgan fingerprint density at radius 2 is 1.62 bits per heavy atom. The van der Waals surface area contributed by atoms with Crippen molar-refractivity contribution in [3.8, 4) is 11.3 Å². The summed E-state index contributed by atoms with van der Waals surface area (Å²) in [4.78, 5) is 28.6. The van der Waals surface area contributed by atoms with Gasteiger partial charge >= 0.3 is 6.03 Å². The monoisotopic (exact) mass is 400 g/mol. The minimum absolute atomic E-state index is 0.00972. The summed E-state index contributed by atoms with van der Waals surface area (Å²) in [5.41, 5.74) is 10.8. The molecule has 0 atom stereocenters. The number of benzene rings is 2. The van der Waals surface area contributed by atoms with E-state index in [9.17, 15) is 22.8 Å². The first-order chi connectivity index (χ1) is 13.7. The number of halogens is 3. The molecule has 3 aromatic rings. The predicted octanol–water partition coefficient (Wildman–Crippen LogP) is 3.79. The van der Waals surface area contributed by atoms with E-state index in [0.29, 0.717) is 16.0 Å². The van der Waals surface area contributed by atoms with Crippen LogP contribution in [0, 0.1) is 24.4 Å². The van der Waals surface area contributed by atoms with Gasteiger partial charge in [-0.05, 0) is 55.0 Å². The molecule has 0 spiro atoms. The lowest BCUT2D eigenvalue weighted by Gasteiger charge is -2.22. The third-order valence-corrected chi connectivity index (χ3v) is 4.20. The molecule has 0 bridgehead atoms. The Balaban J connectivity index is 2.27. The number of aromatic nitrogens is 1. The Kier molecular flexibility index (Phi) is 5.22. The van der Waals surface area contributed by atoms with Crippen molar-refractivity contribution < 1.29 is 22.8 Å². The molecule has 6 nitrogen and oxygen atoms in total. The van der Waals surface area contributed by atoms with E-state index in [2.05, 4.69) is 4.98 Å². The Bertz CT molecular complexity index is 1110. The minimum Gasteiger partial charge on any atom is -0.366 e. The van der Waals surface area contributed by atoms with Crippen molar-refractivity contribution in [2.24, 2.45) is 11.5 Å². The summed E-state index contributed by atoms with van der Waals surface area (Å²) in [7, 11) is 0. The second-order valence-electron chi connectivity index (χ2n) is 6.13. The molecule has 1 heterocycles. The lowest BCUT2D eigenvalue weighted by atomic mass is 10.0. The third kappa shape index (κ3) is 3.75. The number of nitrogens with two attached hydrogens (primary N) is 2. The summed E-state index contributed by atoms with van der Waals surface area (Å²) < 4.78 is 42.0. The number of anilines is 2. The summed E-state index contributed by atoms with van der Waals surface area (Å²) in [6.07, 6.45) is 0. The number of rotatable bonds is 4. The van der Waals surface area contributed by atoms with Crippen LogP contribution in [0.4, 0.5) is 29.5 Å². The van der Waals surface area contributed by atoms with E-state index in [4.69, 9.17) is 11.5 Å². The zero-order valence-corrected chi connectivity index (χ0v) is 15.1. The lowest BCUT2D eigenvalue weighted by Crippen LogP contribution is -2.33. The molecule has 1 aromatic heterocycles. The van der Waals surface area contributed by atoms with Gasteiger partial charge in [-0.2, -0.15) is 0 Å². The highest BCUT2D eigenvalue weighted by molar-refractivity contribution is 6.02. The number of para-hydroxylation sites is 1. The number of pyridine rings is 1. The molecule has 0 saturated carbocycles. The molecule has 3 rings (SSSR count). The fraction of sp³-hybridized carbons (Fsp3) is 0.0500. The highest BCUT2D eigenvalue weighted by Gasteiger charge is 2.26. The number of hydrogen-bond acceptors (Lipinski definition) is 3. The molecule has 0 aliphatic rings.